The Morgan fingerprint density at radius 1 is 0.825 bits per heavy atom. The second-order valence-electron chi connectivity index (χ2n) is 13.9. The number of nitro benzene ring substituents is 1. The maximum atomic E-state index is 15.7. The molecule has 3 heterocycles. The standard InChI is InChI=1S/C43H36N4O10/c44-39(49)34-36-40(50)57-37(28-12-5-2-6-13-28)35(27-10-3-1-4-11-27)46(36)38(29-14-9-15-31(24-29)55-23-22-48)43(34)32-16-7-8-17-33(32)45(41(43)51)42(52)56-25-26-18-20-30(21-19-26)47(53)54/h1-21,24,34-38,48H,22-23,25H2,(H2,44,49)/t34-,35-,36-,37+,38+,43-/m0/s1. The van der Waals surface area contributed by atoms with Crippen molar-refractivity contribution >= 4 is 35.3 Å². The lowest BCUT2D eigenvalue weighted by Gasteiger charge is -2.46. The first-order valence-electron chi connectivity index (χ1n) is 18.2. The van der Waals surface area contributed by atoms with E-state index in [1.807, 2.05) is 65.6 Å². The molecule has 0 unspecified atom stereocenters. The zero-order valence-corrected chi connectivity index (χ0v) is 30.3. The lowest BCUT2D eigenvalue weighted by atomic mass is 9.65. The Morgan fingerprint density at radius 2 is 1.47 bits per heavy atom. The van der Waals surface area contributed by atoms with Crippen LogP contribution in [0.4, 0.5) is 16.2 Å². The number of carbonyl (C=O) groups is 4. The number of aliphatic hydroxyl groups is 1. The zero-order chi connectivity index (χ0) is 39.8. The predicted octanol–water partition coefficient (Wildman–Crippen LogP) is 5.45. The van der Waals surface area contributed by atoms with E-state index in [4.69, 9.17) is 19.9 Å². The third kappa shape index (κ3) is 6.15. The topological polar surface area (TPSA) is 192 Å². The van der Waals surface area contributed by atoms with Gasteiger partial charge >= 0.3 is 12.1 Å². The second kappa shape index (κ2) is 15.0. The monoisotopic (exact) mass is 768 g/mol. The molecule has 0 aromatic heterocycles. The number of cyclic esters (lactones) is 1. The molecule has 14 nitrogen and oxygen atoms in total. The number of esters is 1. The van der Waals surface area contributed by atoms with E-state index in [0.717, 1.165) is 10.5 Å². The molecule has 8 rings (SSSR count). The highest BCUT2D eigenvalue weighted by atomic mass is 16.6. The number of nitrogens with zero attached hydrogens (tertiary/aromatic N) is 3. The Morgan fingerprint density at radius 3 is 2.14 bits per heavy atom. The summed E-state index contributed by atoms with van der Waals surface area (Å²) in [6.45, 7) is -0.627. The number of ether oxygens (including phenoxy) is 3. The van der Waals surface area contributed by atoms with Crippen LogP contribution in [0.25, 0.3) is 0 Å². The number of para-hydroxylation sites is 1. The van der Waals surface area contributed by atoms with Gasteiger partial charge in [-0.2, -0.15) is 0 Å². The van der Waals surface area contributed by atoms with E-state index < -0.39 is 64.4 Å². The van der Waals surface area contributed by atoms with Gasteiger partial charge in [0.15, 0.2) is 0 Å². The molecule has 0 saturated carbocycles. The molecule has 14 heteroatoms. The summed E-state index contributed by atoms with van der Waals surface area (Å²) in [6, 6.07) is 33.9. The number of non-ortho nitro benzene ring substituents is 1. The number of nitrogens with two attached hydrogens (primary N) is 1. The molecular formula is C43H36N4O10. The Bertz CT molecular complexity index is 2360. The molecule has 0 aliphatic carbocycles. The molecule has 1 spiro atoms. The third-order valence-electron chi connectivity index (χ3n) is 10.9. The van der Waals surface area contributed by atoms with Gasteiger partial charge in [-0.3, -0.25) is 29.4 Å². The van der Waals surface area contributed by atoms with E-state index in [-0.39, 0.29) is 36.8 Å². The maximum Gasteiger partial charge on any atom is 0.421 e. The van der Waals surface area contributed by atoms with Crippen LogP contribution in [-0.4, -0.2) is 58.1 Å². The maximum absolute atomic E-state index is 15.7. The van der Waals surface area contributed by atoms with Crippen molar-refractivity contribution in [1.29, 1.82) is 0 Å². The fourth-order valence-corrected chi connectivity index (χ4v) is 8.73. The predicted molar refractivity (Wildman–Crippen MR) is 203 cm³/mol. The first-order valence-corrected chi connectivity index (χ1v) is 18.2. The molecule has 3 aliphatic rings. The summed E-state index contributed by atoms with van der Waals surface area (Å²) in [4.78, 5) is 72.0. The van der Waals surface area contributed by atoms with Gasteiger partial charge in [-0.1, -0.05) is 91.0 Å². The number of fused-ring (bicyclic) bond motifs is 3. The Balaban J connectivity index is 1.34. The number of nitro groups is 1. The normalized spacial score (nSPS) is 23.7. The summed E-state index contributed by atoms with van der Waals surface area (Å²) in [5.41, 5.74) is 6.86. The SMILES string of the molecule is NC(=O)[C@@H]1[C@H]2C(=O)O[C@H](c3ccccc3)[C@H](c3ccccc3)N2[C@H](c2cccc(OCCO)c2)[C@@]12C(=O)N(C(=O)OCc1ccc([N+](=O)[O-])cc1)c1ccccc12. The summed E-state index contributed by atoms with van der Waals surface area (Å²) in [7, 11) is 0. The van der Waals surface area contributed by atoms with Gasteiger partial charge in [0.05, 0.1) is 35.2 Å². The number of hydrogen-bond acceptors (Lipinski definition) is 11. The molecule has 0 bridgehead atoms. The average molecular weight is 769 g/mol. The fraction of sp³-hybridized carbons (Fsp3) is 0.209. The van der Waals surface area contributed by atoms with Gasteiger partial charge in [0, 0.05) is 12.1 Å². The number of imide groups is 1. The highest BCUT2D eigenvalue weighted by Gasteiger charge is 2.75. The van der Waals surface area contributed by atoms with Gasteiger partial charge in [-0.05, 0) is 58.1 Å². The Labute approximate surface area is 326 Å². The number of morpholine rings is 1. The Kier molecular flexibility index (Phi) is 9.73. The number of benzene rings is 5. The molecule has 3 amide bonds. The lowest BCUT2D eigenvalue weighted by Crippen LogP contribution is -2.55. The molecule has 57 heavy (non-hydrogen) atoms. The largest absolute Gasteiger partial charge is 0.491 e. The van der Waals surface area contributed by atoms with Crippen LogP contribution in [0.1, 0.15) is 46.0 Å². The molecular weight excluding hydrogens is 732 g/mol. The van der Waals surface area contributed by atoms with E-state index in [0.29, 0.717) is 22.4 Å². The molecule has 6 atom stereocenters. The van der Waals surface area contributed by atoms with Crippen molar-refractivity contribution < 1.29 is 43.4 Å². The Hall–Kier alpha value is -6.90. The number of hydrogen-bond donors (Lipinski definition) is 2. The van der Waals surface area contributed by atoms with Crippen molar-refractivity contribution in [3.8, 4) is 5.75 Å². The first-order chi connectivity index (χ1) is 27.7. The lowest BCUT2D eigenvalue weighted by molar-refractivity contribution is -0.384. The zero-order valence-electron chi connectivity index (χ0n) is 30.3. The van der Waals surface area contributed by atoms with E-state index >= 15 is 4.79 Å². The summed E-state index contributed by atoms with van der Waals surface area (Å²) in [5.74, 6) is -3.81. The van der Waals surface area contributed by atoms with E-state index in [2.05, 4.69) is 0 Å². The number of anilines is 1. The summed E-state index contributed by atoms with van der Waals surface area (Å²) >= 11 is 0. The van der Waals surface area contributed by atoms with Crippen LogP contribution in [0.5, 0.6) is 5.75 Å². The minimum absolute atomic E-state index is 0.0271. The number of aliphatic hydroxyl groups excluding tert-OH is 1. The van der Waals surface area contributed by atoms with Gasteiger partial charge in [-0.25, -0.2) is 9.69 Å². The van der Waals surface area contributed by atoms with Gasteiger partial charge in [0.1, 0.15) is 36.5 Å². The average Bonchev–Trinajstić information content (AvgIpc) is 3.69. The van der Waals surface area contributed by atoms with Crippen molar-refractivity contribution in [2.75, 3.05) is 18.1 Å². The minimum Gasteiger partial charge on any atom is -0.491 e. The van der Waals surface area contributed by atoms with Gasteiger partial charge in [0.25, 0.3) is 5.69 Å². The third-order valence-corrected chi connectivity index (χ3v) is 10.9. The van der Waals surface area contributed by atoms with Crippen LogP contribution in [0.15, 0.2) is 133 Å². The highest BCUT2D eigenvalue weighted by Crippen LogP contribution is 2.65. The number of carbonyl (C=O) groups excluding carboxylic acids is 4. The van der Waals surface area contributed by atoms with Gasteiger partial charge in [-0.15, -0.1) is 0 Å². The number of amides is 3. The van der Waals surface area contributed by atoms with E-state index in [1.54, 1.807) is 48.5 Å². The minimum atomic E-state index is -2.01. The molecule has 0 radical (unpaired) electrons. The summed E-state index contributed by atoms with van der Waals surface area (Å²) in [6.07, 6.45) is -1.98. The van der Waals surface area contributed by atoms with Crippen molar-refractivity contribution in [2.24, 2.45) is 11.7 Å². The second-order valence-corrected chi connectivity index (χ2v) is 13.9. The van der Waals surface area contributed by atoms with E-state index in [9.17, 15) is 29.6 Å². The van der Waals surface area contributed by atoms with Crippen LogP contribution >= 0.6 is 0 Å². The number of primary amides is 1. The molecule has 2 fully saturated rings. The fourth-order valence-electron chi connectivity index (χ4n) is 8.73. The molecule has 2 saturated heterocycles. The van der Waals surface area contributed by atoms with Crippen LogP contribution in [0.2, 0.25) is 0 Å². The van der Waals surface area contributed by atoms with Crippen molar-refractivity contribution in [3.05, 3.63) is 171 Å². The van der Waals surface area contributed by atoms with Crippen LogP contribution < -0.4 is 15.4 Å². The van der Waals surface area contributed by atoms with Crippen LogP contribution in [0.3, 0.4) is 0 Å². The quantitative estimate of drug-likeness (QED) is 0.104. The number of rotatable bonds is 10. The van der Waals surface area contributed by atoms with Crippen molar-refractivity contribution in [3.63, 3.8) is 0 Å². The van der Waals surface area contributed by atoms with Crippen molar-refractivity contribution in [2.45, 2.75) is 36.3 Å². The van der Waals surface area contributed by atoms with Crippen LogP contribution in [0, 0.1) is 16.0 Å². The van der Waals surface area contributed by atoms with Gasteiger partial charge in [0.2, 0.25) is 11.8 Å². The molecule has 5 aromatic carbocycles. The van der Waals surface area contributed by atoms with E-state index in [1.165, 1.54) is 24.3 Å². The van der Waals surface area contributed by atoms with Gasteiger partial charge < -0.3 is 25.1 Å². The first kappa shape index (κ1) is 37.0. The highest BCUT2D eigenvalue weighted by molar-refractivity contribution is 6.23. The van der Waals surface area contributed by atoms with Crippen LogP contribution in [-0.2, 0) is 35.9 Å². The smallest absolute Gasteiger partial charge is 0.421 e. The molecule has 3 N–H and O–H groups in total. The summed E-state index contributed by atoms with van der Waals surface area (Å²) < 4.78 is 17.8. The summed E-state index contributed by atoms with van der Waals surface area (Å²) in [5, 5.41) is 20.8. The van der Waals surface area contributed by atoms with Crippen molar-refractivity contribution in [1.82, 2.24) is 4.90 Å². The molecule has 288 valence electrons. The molecule has 5 aromatic rings. The molecule has 3 aliphatic heterocycles.